The molecule has 13 heavy (non-hydrogen) atoms. The lowest BCUT2D eigenvalue weighted by Crippen LogP contribution is -2.48. The smallest absolute Gasteiger partial charge is 0.143 e. The highest BCUT2D eigenvalue weighted by Crippen LogP contribution is 2.07. The summed E-state index contributed by atoms with van der Waals surface area (Å²) in [6, 6.07) is 1.84. The van der Waals surface area contributed by atoms with Crippen molar-refractivity contribution in [2.75, 3.05) is 31.1 Å². The van der Waals surface area contributed by atoms with Crippen LogP contribution in [0.1, 0.15) is 0 Å². The zero-order chi connectivity index (χ0) is 9.68. The number of nitriles is 1. The van der Waals surface area contributed by atoms with Crippen LogP contribution >= 0.6 is 0 Å². The fraction of sp³-hybridized carbons (Fsp3) is 0.833. The summed E-state index contributed by atoms with van der Waals surface area (Å²) >= 11 is -0.778. The molecule has 0 unspecified atom stereocenters. The van der Waals surface area contributed by atoms with E-state index in [9.17, 15) is 9.46 Å². The molecule has 1 heterocycles. The van der Waals surface area contributed by atoms with E-state index in [0.29, 0.717) is 24.6 Å². The molecule has 0 N–H and O–H groups in total. The molecule has 1 fully saturated rings. The van der Waals surface area contributed by atoms with Crippen LogP contribution in [0.4, 0.5) is 0 Å². The molecule has 0 aromatic carbocycles. The van der Waals surface area contributed by atoms with Crippen LogP contribution in [0.5, 0.6) is 0 Å². The molecule has 0 radical (unpaired) electrons. The first-order valence-corrected chi connectivity index (χ1v) is 5.34. The van der Waals surface area contributed by atoms with Crippen molar-refractivity contribution < 1.29 is 4.55 Å². The third-order valence-electron chi connectivity index (χ3n) is 1.79. The van der Waals surface area contributed by atoms with E-state index in [0.717, 1.165) is 5.12 Å². The molecule has 6 nitrogen and oxygen atoms in total. The quantitative estimate of drug-likeness (QED) is 0.266. The van der Waals surface area contributed by atoms with Crippen molar-refractivity contribution in [3.05, 3.63) is 4.91 Å². The Morgan fingerprint density at radius 3 is 2.69 bits per heavy atom. The Kier molecular flexibility index (Phi) is 3.95. The zero-order valence-corrected chi connectivity index (χ0v) is 7.87. The van der Waals surface area contributed by atoms with Gasteiger partial charge in [-0.2, -0.15) is 15.4 Å². The van der Waals surface area contributed by atoms with Crippen molar-refractivity contribution in [2.24, 2.45) is 5.29 Å². The number of rotatable bonds is 3. The third kappa shape index (κ3) is 2.84. The van der Waals surface area contributed by atoms with Gasteiger partial charge in [-0.25, -0.2) is 0 Å². The molecule has 72 valence electrons. The van der Waals surface area contributed by atoms with Gasteiger partial charge in [0.15, 0.2) is 0 Å². The summed E-state index contributed by atoms with van der Waals surface area (Å²) in [7, 11) is 0. The maximum absolute atomic E-state index is 11.0. The molecule has 0 amide bonds. The van der Waals surface area contributed by atoms with Crippen LogP contribution in [0.25, 0.3) is 0 Å². The largest absolute Gasteiger partial charge is 0.616 e. The highest BCUT2D eigenvalue weighted by Gasteiger charge is 2.24. The molecule has 1 aliphatic rings. The Bertz CT molecular complexity index is 211. The van der Waals surface area contributed by atoms with Crippen molar-refractivity contribution in [1.29, 1.82) is 5.26 Å². The predicted molar refractivity (Wildman–Crippen MR) is 47.6 cm³/mol. The van der Waals surface area contributed by atoms with Crippen molar-refractivity contribution in [3.63, 3.8) is 0 Å². The number of nitrogens with zero attached hydrogens (tertiary/aromatic N) is 4. The topological polar surface area (TPSA) is 82.8 Å². The monoisotopic (exact) mass is 202 g/mol. The Labute approximate surface area is 79.2 Å². The first-order chi connectivity index (χ1) is 6.27. The summed E-state index contributed by atoms with van der Waals surface area (Å²) in [4.78, 5) is 10.3. The highest BCUT2D eigenvalue weighted by molar-refractivity contribution is 7.91. The minimum Gasteiger partial charge on any atom is -0.616 e. The molecule has 0 aliphatic carbocycles. The van der Waals surface area contributed by atoms with Gasteiger partial charge in [-0.15, -0.1) is 4.91 Å². The Hall–Kier alpha value is -0.840. The van der Waals surface area contributed by atoms with E-state index >= 15 is 0 Å². The Morgan fingerprint density at radius 1 is 1.62 bits per heavy atom. The van der Waals surface area contributed by atoms with Gasteiger partial charge in [0.25, 0.3) is 0 Å². The lowest BCUT2D eigenvalue weighted by atomic mass is 10.6. The van der Waals surface area contributed by atoms with Crippen LogP contribution < -0.4 is 0 Å². The van der Waals surface area contributed by atoms with Crippen LogP contribution in [-0.4, -0.2) is 45.8 Å². The molecule has 7 heteroatoms. The summed E-state index contributed by atoms with van der Waals surface area (Å²) < 4.78 is 11.0. The van der Waals surface area contributed by atoms with Gasteiger partial charge in [-0.1, -0.05) is 11.2 Å². The minimum absolute atomic E-state index is 0.0455. The van der Waals surface area contributed by atoms with Crippen LogP contribution in [0.15, 0.2) is 5.29 Å². The van der Waals surface area contributed by atoms with Crippen LogP contribution in [0, 0.1) is 16.2 Å². The Balaban J connectivity index is 2.42. The van der Waals surface area contributed by atoms with Gasteiger partial charge in [0.1, 0.15) is 18.1 Å². The molecule has 0 atom stereocenters. The average molecular weight is 202 g/mol. The van der Waals surface area contributed by atoms with E-state index in [2.05, 4.69) is 5.29 Å². The van der Waals surface area contributed by atoms with Gasteiger partial charge in [0.2, 0.25) is 0 Å². The normalized spacial score (nSPS) is 19.4. The zero-order valence-electron chi connectivity index (χ0n) is 7.05. The van der Waals surface area contributed by atoms with Crippen LogP contribution in [0.2, 0.25) is 0 Å². The van der Waals surface area contributed by atoms with Gasteiger partial charge in [0.05, 0.1) is 24.4 Å². The maximum atomic E-state index is 11.0. The second-order valence-corrected chi connectivity index (χ2v) is 4.27. The average Bonchev–Trinajstić information content (AvgIpc) is 2.16. The highest BCUT2D eigenvalue weighted by atomic mass is 32.2. The summed E-state index contributed by atoms with van der Waals surface area (Å²) in [5, 5.41) is 13.8. The van der Waals surface area contributed by atoms with Gasteiger partial charge in [-0.05, 0) is 0 Å². The second-order valence-electron chi connectivity index (χ2n) is 2.57. The number of hydrogen-bond donors (Lipinski definition) is 0. The van der Waals surface area contributed by atoms with Gasteiger partial charge >= 0.3 is 0 Å². The first kappa shape index (κ1) is 10.2. The molecule has 0 aromatic heterocycles. The van der Waals surface area contributed by atoms with E-state index in [1.165, 1.54) is 0 Å². The fourth-order valence-electron chi connectivity index (χ4n) is 1.10. The molecule has 1 rings (SSSR count). The number of hydrazine groups is 1. The van der Waals surface area contributed by atoms with Gasteiger partial charge < -0.3 is 4.55 Å². The number of hydrogen-bond acceptors (Lipinski definition) is 5. The molecule has 0 saturated carbocycles. The third-order valence-corrected chi connectivity index (χ3v) is 3.06. The maximum Gasteiger partial charge on any atom is 0.143 e. The minimum atomic E-state index is -0.778. The standard InChI is InChI=1S/C6H10N4O2S/c7-1-2-10(8-11)9-3-5-13(12)6-4-9/h2-6H2. The molecule has 1 saturated heterocycles. The molecular formula is C6H10N4O2S. The fourth-order valence-corrected chi connectivity index (χ4v) is 2.14. The summed E-state index contributed by atoms with van der Waals surface area (Å²) in [6.07, 6.45) is 0. The van der Waals surface area contributed by atoms with E-state index in [-0.39, 0.29) is 6.54 Å². The molecule has 0 spiro atoms. The first-order valence-electron chi connectivity index (χ1n) is 3.85. The van der Waals surface area contributed by atoms with Crippen LogP contribution in [0.3, 0.4) is 0 Å². The Morgan fingerprint density at radius 2 is 2.23 bits per heavy atom. The second kappa shape index (κ2) is 5.01. The molecule has 0 bridgehead atoms. The summed E-state index contributed by atoms with van der Waals surface area (Å²) in [5.41, 5.74) is 0. The van der Waals surface area contributed by atoms with Crippen molar-refractivity contribution in [1.82, 2.24) is 10.1 Å². The lowest BCUT2D eigenvalue weighted by molar-refractivity contribution is -0.00533. The van der Waals surface area contributed by atoms with Gasteiger partial charge in [0, 0.05) is 0 Å². The van der Waals surface area contributed by atoms with E-state index in [1.54, 1.807) is 5.01 Å². The van der Waals surface area contributed by atoms with E-state index < -0.39 is 11.2 Å². The molecule has 0 aromatic rings. The van der Waals surface area contributed by atoms with E-state index in [1.807, 2.05) is 6.07 Å². The summed E-state index contributed by atoms with van der Waals surface area (Å²) in [5.74, 6) is 1.08. The summed E-state index contributed by atoms with van der Waals surface area (Å²) in [6.45, 7) is 1.01. The van der Waals surface area contributed by atoms with Crippen molar-refractivity contribution in [2.45, 2.75) is 0 Å². The lowest BCUT2D eigenvalue weighted by Gasteiger charge is -2.31. The predicted octanol–water partition coefficient (Wildman–Crippen LogP) is -0.527. The number of nitroso groups, excluding NO2 is 1. The van der Waals surface area contributed by atoms with E-state index in [4.69, 9.17) is 5.26 Å². The van der Waals surface area contributed by atoms with Gasteiger partial charge in [-0.3, -0.25) is 0 Å². The molecule has 1 aliphatic heterocycles. The molecular weight excluding hydrogens is 192 g/mol. The van der Waals surface area contributed by atoms with Crippen molar-refractivity contribution >= 4 is 11.2 Å². The SMILES string of the molecule is N#CCN(N=O)N1CC[S+]([O-])CC1. The van der Waals surface area contributed by atoms with Crippen molar-refractivity contribution in [3.8, 4) is 6.07 Å². The van der Waals surface area contributed by atoms with Crippen LogP contribution in [-0.2, 0) is 11.2 Å².